The topological polar surface area (TPSA) is 155 Å². The quantitative estimate of drug-likeness (QED) is 0.0667. The van der Waals surface area contributed by atoms with Crippen LogP contribution in [0.4, 0.5) is 0 Å². The van der Waals surface area contributed by atoms with E-state index in [0.717, 1.165) is 109 Å². The summed E-state index contributed by atoms with van der Waals surface area (Å²) in [7, 11) is 0. The van der Waals surface area contributed by atoms with E-state index in [0.29, 0.717) is 0 Å². The van der Waals surface area contributed by atoms with E-state index < -0.39 is 0 Å². The van der Waals surface area contributed by atoms with E-state index in [1.165, 1.54) is 55.6 Å². The third kappa shape index (κ3) is 19.6. The van der Waals surface area contributed by atoms with E-state index in [9.17, 15) is 0 Å². The summed E-state index contributed by atoms with van der Waals surface area (Å²) in [6.07, 6.45) is 47.1. The number of aromatic nitrogens is 12. The fraction of sp³-hybridized carbons (Fsp3) is 0.139. The summed E-state index contributed by atoms with van der Waals surface area (Å²) < 4.78 is 0. The fourth-order valence-electron chi connectivity index (χ4n) is 9.40. The summed E-state index contributed by atoms with van der Waals surface area (Å²) in [4.78, 5) is 51.6. The van der Waals surface area contributed by atoms with Crippen LogP contribution in [0.15, 0.2) is 257 Å². The summed E-state index contributed by atoms with van der Waals surface area (Å²) in [6.45, 7) is 0. The largest absolute Gasteiger partial charge is 0.265 e. The number of pyridine rings is 12. The molecule has 0 aliphatic heterocycles. The molecule has 0 bridgehead atoms. The van der Waals surface area contributed by atoms with Crippen LogP contribution >= 0.6 is 0 Å². The zero-order valence-electron chi connectivity index (χ0n) is 47.2. The van der Waals surface area contributed by atoms with Gasteiger partial charge in [-0.05, 0) is 277 Å². The first-order chi connectivity index (χ1) is 41.6. The van der Waals surface area contributed by atoms with Crippen molar-refractivity contribution in [3.05, 3.63) is 324 Å². The molecule has 0 unspecified atom stereocenters. The molecule has 12 heterocycles. The van der Waals surface area contributed by atoms with Crippen LogP contribution in [0.25, 0.3) is 46.3 Å². The molecule has 420 valence electrons. The molecule has 0 amide bonds. The Labute approximate surface area is 508 Å². The maximum Gasteiger partial charge on any atom is 0.0892 e. The van der Waals surface area contributed by atoms with Gasteiger partial charge in [0.05, 0.1) is 34.2 Å². The average molecular weight is 1150 g/mol. The third-order valence-electron chi connectivity index (χ3n) is 14.1. The summed E-state index contributed by atoms with van der Waals surface area (Å²) in [5, 5.41) is 0. The number of hydrogen-bond donors (Lipinski definition) is 0. The van der Waals surface area contributed by atoms with E-state index in [1.807, 2.05) is 117 Å². The van der Waals surface area contributed by atoms with Crippen molar-refractivity contribution in [3.63, 3.8) is 0 Å². The maximum atomic E-state index is 4.54. The second kappa shape index (κ2) is 32.6. The Morgan fingerprint density at radius 2 is 0.365 bits per heavy atom. The van der Waals surface area contributed by atoms with Gasteiger partial charge in [0.25, 0.3) is 0 Å². The molecule has 12 aromatic heterocycles. The van der Waals surface area contributed by atoms with Gasteiger partial charge in [0, 0.05) is 129 Å². The molecule has 13 heteroatoms. The molecule has 0 radical (unpaired) electrons. The summed E-state index contributed by atoms with van der Waals surface area (Å²) in [5.74, 6) is 0. The van der Waals surface area contributed by atoms with Gasteiger partial charge in [-0.25, -0.2) is 0 Å². The van der Waals surface area contributed by atoms with E-state index >= 15 is 0 Å². The Balaban J connectivity index is 0.000000152. The molecule has 0 atom stereocenters. The molecule has 0 spiro atoms. The van der Waals surface area contributed by atoms with Crippen LogP contribution in [-0.2, 0) is 81.3 Å². The predicted octanol–water partition coefficient (Wildman–Crippen LogP) is 13.9. The van der Waals surface area contributed by atoms with E-state index in [-0.39, 0.29) is 17.1 Å². The molecule has 0 aliphatic carbocycles. The van der Waals surface area contributed by atoms with Crippen LogP contribution < -0.4 is 0 Å². The van der Waals surface area contributed by atoms with Gasteiger partial charge in [0.15, 0.2) is 0 Å². The first-order valence-electron chi connectivity index (χ1n) is 28.3. The van der Waals surface area contributed by atoms with Gasteiger partial charge in [-0.15, -0.1) is 0 Å². The first kappa shape index (κ1) is 59.7. The van der Waals surface area contributed by atoms with Crippen molar-refractivity contribution in [2.24, 2.45) is 0 Å². The van der Waals surface area contributed by atoms with Crippen LogP contribution in [0.1, 0.15) is 66.8 Å². The van der Waals surface area contributed by atoms with Crippen molar-refractivity contribution in [2.45, 2.75) is 64.2 Å². The Kier molecular flexibility index (Phi) is 22.9. The van der Waals surface area contributed by atoms with Gasteiger partial charge in [-0.3, -0.25) is 59.8 Å². The van der Waals surface area contributed by atoms with Gasteiger partial charge in [-0.2, -0.15) is 0 Å². The third-order valence-corrected chi connectivity index (χ3v) is 14.1. The maximum absolute atomic E-state index is 4.54. The van der Waals surface area contributed by atoms with Gasteiger partial charge >= 0.3 is 0 Å². The second-order valence-electron chi connectivity index (χ2n) is 20.1. The molecule has 0 saturated heterocycles. The normalized spacial score (nSPS) is 10.7. The van der Waals surface area contributed by atoms with Gasteiger partial charge in [0.2, 0.25) is 0 Å². The van der Waals surface area contributed by atoms with E-state index in [2.05, 4.69) is 199 Å². The number of nitrogens with zero attached hydrogens (tertiary/aromatic N) is 12. The smallest absolute Gasteiger partial charge is 0.0892 e. The van der Waals surface area contributed by atoms with Crippen molar-refractivity contribution < 1.29 is 17.1 Å². The zero-order chi connectivity index (χ0) is 57.1. The number of rotatable bonds is 20. The Morgan fingerprint density at radius 1 is 0.188 bits per heavy atom. The minimum absolute atomic E-state index is 0. The summed E-state index contributed by atoms with van der Waals surface area (Å²) >= 11 is 0. The standard InChI is InChI=1S/2C24H22N4.C24H20N4.Fe/c3*1(19-5-11-25-12-6-19)3-21-9-15-27-23(17-21)24-18-22(10-16-28-24)4-2-20-7-13-26-14-8-20;/h2*5-18H,1-4H2;1,3,5-18H,2,4H2;/b;;3-1+;. The molecule has 0 saturated carbocycles. The molecular weight excluding hydrogens is 1090 g/mol. The summed E-state index contributed by atoms with van der Waals surface area (Å²) in [5.41, 5.74) is 20.5. The monoisotopic (exact) mass is 1150 g/mol. The Bertz CT molecular complexity index is 3580. The van der Waals surface area contributed by atoms with Crippen LogP contribution in [0, 0.1) is 0 Å². The molecule has 12 nitrogen and oxygen atoms in total. The van der Waals surface area contributed by atoms with Crippen molar-refractivity contribution in [1.82, 2.24) is 59.8 Å². The second-order valence-corrected chi connectivity index (χ2v) is 20.1. The van der Waals surface area contributed by atoms with Crippen LogP contribution in [0.5, 0.6) is 0 Å². The molecule has 0 N–H and O–H groups in total. The fourth-order valence-corrected chi connectivity index (χ4v) is 9.40. The van der Waals surface area contributed by atoms with E-state index in [4.69, 9.17) is 0 Å². The average Bonchev–Trinajstić information content (AvgIpc) is 3.70. The van der Waals surface area contributed by atoms with Crippen LogP contribution in [0.3, 0.4) is 0 Å². The van der Waals surface area contributed by atoms with Crippen molar-refractivity contribution in [2.75, 3.05) is 0 Å². The molecule has 85 heavy (non-hydrogen) atoms. The van der Waals surface area contributed by atoms with Crippen molar-refractivity contribution >= 4 is 12.2 Å². The van der Waals surface area contributed by atoms with Gasteiger partial charge < -0.3 is 0 Å². The van der Waals surface area contributed by atoms with Gasteiger partial charge in [0.1, 0.15) is 0 Å². The SMILES string of the molecule is C(=C\c1ccnc(-c2cc(CCc3ccncc3)ccn2)c1)/c1ccncc1.[Fe].c1cc(CCc2ccnc(-c3cc(CCc4ccncc4)ccn3)c2)ccn1.c1cc(CCc2ccnc(-c3cc(CCc4ccncc4)ccn3)c2)ccn1. The van der Waals surface area contributed by atoms with E-state index in [1.54, 1.807) is 12.4 Å². The van der Waals surface area contributed by atoms with Crippen molar-refractivity contribution in [3.8, 4) is 34.2 Å². The minimum Gasteiger partial charge on any atom is -0.265 e. The predicted molar refractivity (Wildman–Crippen MR) is 334 cm³/mol. The molecule has 12 rings (SSSR count). The summed E-state index contributed by atoms with van der Waals surface area (Å²) in [6, 6.07) is 49.8. The molecule has 0 aliphatic rings. The number of hydrogen-bond acceptors (Lipinski definition) is 12. The molecule has 0 fully saturated rings. The van der Waals surface area contributed by atoms with Crippen molar-refractivity contribution in [1.29, 1.82) is 0 Å². The number of aryl methyl sites for hydroxylation is 10. The van der Waals surface area contributed by atoms with Gasteiger partial charge in [-0.1, -0.05) is 12.2 Å². The molecule has 12 aromatic rings. The molecular formula is C72H64FeN12. The first-order valence-corrected chi connectivity index (χ1v) is 28.3. The Morgan fingerprint density at radius 3 is 0.624 bits per heavy atom. The Hall–Kier alpha value is -9.94. The minimum atomic E-state index is 0. The zero-order valence-corrected chi connectivity index (χ0v) is 48.3. The van der Waals surface area contributed by atoms with Crippen LogP contribution in [0.2, 0.25) is 0 Å². The molecule has 0 aromatic carbocycles. The van der Waals surface area contributed by atoms with Crippen LogP contribution in [-0.4, -0.2) is 59.8 Å².